The molecular formula is C15H15Cl2N3. The molecule has 1 aromatic carbocycles. The van der Waals surface area contributed by atoms with Crippen molar-refractivity contribution in [2.45, 2.75) is 32.1 Å². The molecule has 0 radical (unpaired) electrons. The number of anilines is 1. The second-order valence-electron chi connectivity index (χ2n) is 5.08. The van der Waals surface area contributed by atoms with E-state index in [9.17, 15) is 0 Å². The number of fused-ring (bicyclic) bond motifs is 1. The first-order valence-electron chi connectivity index (χ1n) is 6.75. The fraction of sp³-hybridized carbons (Fsp3) is 0.333. The van der Waals surface area contributed by atoms with Gasteiger partial charge < -0.3 is 5.73 Å². The highest BCUT2D eigenvalue weighted by Gasteiger charge is 2.16. The van der Waals surface area contributed by atoms with Crippen LogP contribution in [0.3, 0.4) is 0 Å². The third-order valence-electron chi connectivity index (χ3n) is 3.59. The monoisotopic (exact) mass is 307 g/mol. The molecule has 20 heavy (non-hydrogen) atoms. The Hall–Kier alpha value is -1.32. The van der Waals surface area contributed by atoms with E-state index in [0.717, 1.165) is 42.5 Å². The van der Waals surface area contributed by atoms with Gasteiger partial charge in [0.25, 0.3) is 0 Å². The molecule has 0 atom stereocenters. The lowest BCUT2D eigenvalue weighted by atomic mass is 10.1. The van der Waals surface area contributed by atoms with Gasteiger partial charge in [0, 0.05) is 26.9 Å². The van der Waals surface area contributed by atoms with Crippen LogP contribution in [-0.2, 0) is 12.8 Å². The van der Waals surface area contributed by atoms with E-state index in [2.05, 4.69) is 9.97 Å². The summed E-state index contributed by atoms with van der Waals surface area (Å²) >= 11 is 12.1. The maximum atomic E-state index is 6.11. The van der Waals surface area contributed by atoms with E-state index in [1.165, 1.54) is 6.42 Å². The van der Waals surface area contributed by atoms with Gasteiger partial charge in [-0.15, -0.1) is 0 Å². The van der Waals surface area contributed by atoms with Crippen molar-refractivity contribution in [1.29, 1.82) is 0 Å². The maximum absolute atomic E-state index is 6.11. The molecule has 0 bridgehead atoms. The Labute approximate surface area is 128 Å². The first-order chi connectivity index (χ1) is 9.63. The summed E-state index contributed by atoms with van der Waals surface area (Å²) in [5.74, 6) is 1.19. The summed E-state index contributed by atoms with van der Waals surface area (Å²) < 4.78 is 0. The van der Waals surface area contributed by atoms with E-state index in [1.807, 2.05) is 12.1 Å². The minimum atomic E-state index is 0.574. The number of aromatic nitrogens is 2. The van der Waals surface area contributed by atoms with Gasteiger partial charge in [0.1, 0.15) is 5.82 Å². The lowest BCUT2D eigenvalue weighted by Gasteiger charge is -2.11. The summed E-state index contributed by atoms with van der Waals surface area (Å²) in [4.78, 5) is 9.11. The Kier molecular flexibility index (Phi) is 3.81. The van der Waals surface area contributed by atoms with Gasteiger partial charge in [-0.05, 0) is 43.9 Å². The Balaban J connectivity index is 2.10. The predicted octanol–water partition coefficient (Wildman–Crippen LogP) is 4.30. The van der Waals surface area contributed by atoms with Gasteiger partial charge in [-0.3, -0.25) is 0 Å². The Morgan fingerprint density at radius 2 is 1.60 bits per heavy atom. The normalized spacial score (nSPS) is 14.7. The lowest BCUT2D eigenvalue weighted by Crippen LogP contribution is -2.06. The molecule has 0 amide bonds. The molecule has 0 spiro atoms. The molecule has 0 saturated heterocycles. The molecule has 3 nitrogen and oxygen atoms in total. The van der Waals surface area contributed by atoms with Crippen LogP contribution in [0.15, 0.2) is 18.2 Å². The van der Waals surface area contributed by atoms with Crippen molar-refractivity contribution in [1.82, 2.24) is 9.97 Å². The van der Waals surface area contributed by atoms with Crippen LogP contribution in [0, 0.1) is 0 Å². The molecule has 0 saturated carbocycles. The lowest BCUT2D eigenvalue weighted by molar-refractivity contribution is 0.709. The van der Waals surface area contributed by atoms with Crippen LogP contribution in [-0.4, -0.2) is 9.97 Å². The van der Waals surface area contributed by atoms with E-state index in [-0.39, 0.29) is 0 Å². The van der Waals surface area contributed by atoms with Gasteiger partial charge in [0.05, 0.1) is 0 Å². The Morgan fingerprint density at radius 1 is 0.900 bits per heavy atom. The van der Waals surface area contributed by atoms with Crippen molar-refractivity contribution in [2.75, 3.05) is 5.73 Å². The zero-order valence-electron chi connectivity index (χ0n) is 11.0. The smallest absolute Gasteiger partial charge is 0.161 e. The topological polar surface area (TPSA) is 51.8 Å². The van der Waals surface area contributed by atoms with Crippen LogP contribution >= 0.6 is 23.2 Å². The van der Waals surface area contributed by atoms with Crippen molar-refractivity contribution in [3.05, 3.63) is 39.5 Å². The highest BCUT2D eigenvalue weighted by Crippen LogP contribution is 2.29. The van der Waals surface area contributed by atoms with E-state index in [1.54, 1.807) is 6.07 Å². The number of halogens is 2. The first-order valence-corrected chi connectivity index (χ1v) is 7.51. The third kappa shape index (κ3) is 2.74. The quantitative estimate of drug-likeness (QED) is 0.799. The molecule has 0 unspecified atom stereocenters. The van der Waals surface area contributed by atoms with Gasteiger partial charge in [-0.1, -0.05) is 29.6 Å². The number of nitrogen functional groups attached to an aromatic ring is 1. The zero-order chi connectivity index (χ0) is 14.1. The average molecular weight is 308 g/mol. The molecule has 3 rings (SSSR count). The zero-order valence-corrected chi connectivity index (χ0v) is 12.5. The van der Waals surface area contributed by atoms with Gasteiger partial charge in [-0.2, -0.15) is 0 Å². The van der Waals surface area contributed by atoms with Gasteiger partial charge in [0.2, 0.25) is 0 Å². The standard InChI is InChI=1S/C15H15Cl2N3/c16-10-6-9(7-11(17)8-10)15-19-13-5-3-1-2-4-12(13)14(18)20-15/h6-8H,1-5H2,(H2,18,19,20). The van der Waals surface area contributed by atoms with Crippen molar-refractivity contribution in [3.8, 4) is 11.4 Å². The number of hydrogen-bond acceptors (Lipinski definition) is 3. The fourth-order valence-electron chi connectivity index (χ4n) is 2.61. The van der Waals surface area contributed by atoms with Crippen LogP contribution in [0.25, 0.3) is 11.4 Å². The minimum Gasteiger partial charge on any atom is -0.383 e. The predicted molar refractivity (Wildman–Crippen MR) is 83.2 cm³/mol. The summed E-state index contributed by atoms with van der Waals surface area (Å²) in [7, 11) is 0. The van der Waals surface area contributed by atoms with Crippen molar-refractivity contribution in [3.63, 3.8) is 0 Å². The van der Waals surface area contributed by atoms with Crippen molar-refractivity contribution in [2.24, 2.45) is 0 Å². The van der Waals surface area contributed by atoms with Crippen LogP contribution in [0.5, 0.6) is 0 Å². The van der Waals surface area contributed by atoms with Crippen LogP contribution in [0.2, 0.25) is 10.0 Å². The number of aryl methyl sites for hydroxylation is 1. The number of nitrogens with zero attached hydrogens (tertiary/aromatic N) is 2. The van der Waals surface area contributed by atoms with Gasteiger partial charge in [0.15, 0.2) is 5.82 Å². The number of hydrogen-bond donors (Lipinski definition) is 1. The van der Waals surface area contributed by atoms with E-state index in [4.69, 9.17) is 28.9 Å². The summed E-state index contributed by atoms with van der Waals surface area (Å²) in [5, 5.41) is 1.15. The van der Waals surface area contributed by atoms with Gasteiger partial charge >= 0.3 is 0 Å². The van der Waals surface area contributed by atoms with Crippen LogP contribution < -0.4 is 5.73 Å². The summed E-state index contributed by atoms with van der Waals surface area (Å²) in [5.41, 5.74) is 9.10. The largest absolute Gasteiger partial charge is 0.383 e. The summed E-state index contributed by atoms with van der Waals surface area (Å²) in [6.07, 6.45) is 5.46. The van der Waals surface area contributed by atoms with Gasteiger partial charge in [-0.25, -0.2) is 9.97 Å². The van der Waals surface area contributed by atoms with Crippen molar-refractivity contribution >= 4 is 29.0 Å². The number of rotatable bonds is 1. The SMILES string of the molecule is Nc1nc(-c2cc(Cl)cc(Cl)c2)nc2c1CCCCC2. The van der Waals surface area contributed by atoms with E-state index in [0.29, 0.717) is 21.7 Å². The summed E-state index contributed by atoms with van der Waals surface area (Å²) in [6.45, 7) is 0. The molecule has 1 aromatic heterocycles. The van der Waals surface area contributed by atoms with E-state index < -0.39 is 0 Å². The first kappa shape index (κ1) is 13.7. The Morgan fingerprint density at radius 3 is 2.35 bits per heavy atom. The molecule has 1 aliphatic rings. The molecular weight excluding hydrogens is 293 g/mol. The van der Waals surface area contributed by atoms with Crippen LogP contribution in [0.1, 0.15) is 30.5 Å². The minimum absolute atomic E-state index is 0.574. The molecule has 2 aromatic rings. The van der Waals surface area contributed by atoms with Crippen LogP contribution in [0.4, 0.5) is 5.82 Å². The average Bonchev–Trinajstić information content (AvgIpc) is 2.63. The molecule has 0 fully saturated rings. The third-order valence-corrected chi connectivity index (χ3v) is 4.02. The highest BCUT2D eigenvalue weighted by molar-refractivity contribution is 6.35. The molecule has 1 aliphatic carbocycles. The molecule has 104 valence electrons. The highest BCUT2D eigenvalue weighted by atomic mass is 35.5. The molecule has 5 heteroatoms. The second kappa shape index (κ2) is 5.58. The molecule has 1 heterocycles. The Bertz CT molecular complexity index is 636. The molecule has 2 N–H and O–H groups in total. The number of benzene rings is 1. The van der Waals surface area contributed by atoms with E-state index >= 15 is 0 Å². The van der Waals surface area contributed by atoms with Crippen molar-refractivity contribution < 1.29 is 0 Å². The second-order valence-corrected chi connectivity index (χ2v) is 5.95. The number of nitrogens with two attached hydrogens (primary N) is 1. The summed E-state index contributed by atoms with van der Waals surface area (Å²) in [6, 6.07) is 5.32. The molecule has 0 aliphatic heterocycles. The fourth-order valence-corrected chi connectivity index (χ4v) is 3.14. The maximum Gasteiger partial charge on any atom is 0.161 e.